The van der Waals surface area contributed by atoms with E-state index in [4.69, 9.17) is 15.4 Å². The number of carboxylic acid groups (broad SMARTS) is 1. The van der Waals surface area contributed by atoms with Crippen molar-refractivity contribution in [1.82, 2.24) is 0 Å². The van der Waals surface area contributed by atoms with Crippen molar-refractivity contribution < 1.29 is 22.9 Å². The van der Waals surface area contributed by atoms with Crippen LogP contribution in [0.15, 0.2) is 29.2 Å². The van der Waals surface area contributed by atoms with Gasteiger partial charge in [0.2, 0.25) is 0 Å². The Balaban J connectivity index is 0.000000370. The van der Waals surface area contributed by atoms with Gasteiger partial charge in [0.05, 0.1) is 4.90 Å². The van der Waals surface area contributed by atoms with Crippen molar-refractivity contribution in [3.8, 4) is 0 Å². The summed E-state index contributed by atoms with van der Waals surface area (Å²) in [5.41, 5.74) is 5.76. The minimum absolute atomic E-state index is 0.0579. The summed E-state index contributed by atoms with van der Waals surface area (Å²) in [7, 11) is -4.03. The van der Waals surface area contributed by atoms with Crippen LogP contribution in [0.2, 0.25) is 0 Å². The molecule has 7 heteroatoms. The zero-order valence-corrected chi connectivity index (χ0v) is 12.8. The van der Waals surface area contributed by atoms with Gasteiger partial charge in [-0.1, -0.05) is 32.9 Å². The third kappa shape index (κ3) is 6.65. The molecule has 0 heterocycles. The fourth-order valence-corrected chi connectivity index (χ4v) is 1.73. The maximum absolute atomic E-state index is 10.5. The molecule has 0 aromatic heterocycles. The predicted molar refractivity (Wildman–Crippen MR) is 76.1 cm³/mol. The second kappa shape index (κ2) is 6.83. The van der Waals surface area contributed by atoms with E-state index in [0.29, 0.717) is 0 Å². The Bertz CT molecular complexity index is 560. The van der Waals surface area contributed by atoms with Gasteiger partial charge in [0.1, 0.15) is 6.04 Å². The maximum Gasteiger partial charge on any atom is 0.321 e. The van der Waals surface area contributed by atoms with Crippen LogP contribution >= 0.6 is 0 Å². The van der Waals surface area contributed by atoms with E-state index < -0.39 is 22.1 Å². The molecule has 1 atom stereocenters. The number of hydrogen-bond donors (Lipinski definition) is 3. The fraction of sp³-hybridized carbons (Fsp3) is 0.462. The molecule has 0 spiro atoms. The molecule has 0 radical (unpaired) electrons. The van der Waals surface area contributed by atoms with E-state index in [1.54, 1.807) is 39.8 Å². The lowest BCUT2D eigenvalue weighted by Gasteiger charge is -2.22. The molecule has 0 saturated heterocycles. The first-order valence-electron chi connectivity index (χ1n) is 5.88. The highest BCUT2D eigenvalue weighted by atomic mass is 32.2. The summed E-state index contributed by atoms with van der Waals surface area (Å²) in [6.45, 7) is 7.15. The molecule has 0 aliphatic rings. The van der Waals surface area contributed by atoms with Crippen molar-refractivity contribution in [3.05, 3.63) is 29.8 Å². The van der Waals surface area contributed by atoms with Crippen molar-refractivity contribution in [2.45, 2.75) is 38.6 Å². The SMILES string of the molecule is CC(C)(C)[C@H](N)C(=O)O.Cc1cccc(S(=O)(=O)O)c1. The third-order valence-electron chi connectivity index (χ3n) is 2.49. The number of aliphatic carboxylic acids is 1. The van der Waals surface area contributed by atoms with Crippen LogP contribution in [0, 0.1) is 12.3 Å². The second-order valence-electron chi connectivity index (χ2n) is 5.47. The average molecular weight is 303 g/mol. The first kappa shape index (κ1) is 18.6. The normalized spacial score (nSPS) is 13.1. The van der Waals surface area contributed by atoms with Gasteiger partial charge < -0.3 is 10.8 Å². The molecule has 1 aromatic rings. The molecule has 1 aromatic carbocycles. The highest BCUT2D eigenvalue weighted by molar-refractivity contribution is 7.85. The Labute approximate surface area is 119 Å². The van der Waals surface area contributed by atoms with Gasteiger partial charge in [-0.2, -0.15) is 8.42 Å². The summed E-state index contributed by atoms with van der Waals surface area (Å²) in [6, 6.07) is 5.34. The van der Waals surface area contributed by atoms with Crippen LogP contribution in [-0.4, -0.2) is 30.1 Å². The highest BCUT2D eigenvalue weighted by Crippen LogP contribution is 2.16. The molecule has 0 amide bonds. The molecular formula is C13H21NO5S. The van der Waals surface area contributed by atoms with Gasteiger partial charge in [-0.25, -0.2) is 0 Å². The number of benzene rings is 1. The highest BCUT2D eigenvalue weighted by Gasteiger charge is 2.26. The van der Waals surface area contributed by atoms with Crippen molar-refractivity contribution in [1.29, 1.82) is 0 Å². The smallest absolute Gasteiger partial charge is 0.321 e. The topological polar surface area (TPSA) is 118 Å². The zero-order chi connectivity index (χ0) is 16.1. The molecular weight excluding hydrogens is 282 g/mol. The molecule has 20 heavy (non-hydrogen) atoms. The summed E-state index contributed by atoms with van der Waals surface area (Å²) in [6.07, 6.45) is 0. The third-order valence-corrected chi connectivity index (χ3v) is 3.34. The fourth-order valence-electron chi connectivity index (χ4n) is 1.15. The number of carbonyl (C=O) groups is 1. The maximum atomic E-state index is 10.5. The summed E-state index contributed by atoms with van der Waals surface area (Å²) >= 11 is 0. The van der Waals surface area contributed by atoms with Gasteiger partial charge in [0.25, 0.3) is 10.1 Å². The average Bonchev–Trinajstić information content (AvgIpc) is 2.26. The molecule has 0 aliphatic carbocycles. The standard InChI is InChI=1S/C7H8O3S.C6H13NO2/c1-6-3-2-4-7(5-6)11(8,9)10;1-6(2,3)4(7)5(8)9/h2-5H,1H3,(H,8,9,10);4H,7H2,1-3H3,(H,8,9)/t;4-/m.1/s1. The monoisotopic (exact) mass is 303 g/mol. The summed E-state index contributed by atoms with van der Waals surface area (Å²) in [5.74, 6) is -0.942. The largest absolute Gasteiger partial charge is 0.480 e. The number of rotatable bonds is 2. The molecule has 0 unspecified atom stereocenters. The predicted octanol–water partition coefficient (Wildman–Crippen LogP) is 1.69. The van der Waals surface area contributed by atoms with E-state index in [2.05, 4.69) is 0 Å². The summed E-state index contributed by atoms with van der Waals surface area (Å²) in [4.78, 5) is 10.2. The van der Waals surface area contributed by atoms with E-state index in [9.17, 15) is 13.2 Å². The lowest BCUT2D eigenvalue weighted by atomic mass is 9.88. The van der Waals surface area contributed by atoms with Gasteiger partial charge in [-0.05, 0) is 30.0 Å². The Kier molecular flexibility index (Phi) is 6.33. The quantitative estimate of drug-likeness (QED) is 0.715. The molecule has 4 N–H and O–H groups in total. The van der Waals surface area contributed by atoms with E-state index in [1.165, 1.54) is 12.1 Å². The Morgan fingerprint density at radius 1 is 1.30 bits per heavy atom. The van der Waals surface area contributed by atoms with Gasteiger partial charge in [-0.3, -0.25) is 9.35 Å². The van der Waals surface area contributed by atoms with E-state index in [-0.39, 0.29) is 10.3 Å². The molecule has 114 valence electrons. The molecule has 0 bridgehead atoms. The Morgan fingerprint density at radius 2 is 1.80 bits per heavy atom. The first-order chi connectivity index (χ1) is 8.85. The number of nitrogens with two attached hydrogens (primary N) is 1. The van der Waals surface area contributed by atoms with Crippen molar-refractivity contribution in [3.63, 3.8) is 0 Å². The van der Waals surface area contributed by atoms with E-state index in [0.717, 1.165) is 5.56 Å². The van der Waals surface area contributed by atoms with Crippen LogP contribution in [0.5, 0.6) is 0 Å². The molecule has 0 aliphatic heterocycles. The second-order valence-corrected chi connectivity index (χ2v) is 6.90. The van der Waals surface area contributed by atoms with Crippen molar-refractivity contribution in [2.75, 3.05) is 0 Å². The van der Waals surface area contributed by atoms with Gasteiger partial charge in [0.15, 0.2) is 0 Å². The van der Waals surface area contributed by atoms with E-state index >= 15 is 0 Å². The lowest BCUT2D eigenvalue weighted by Crippen LogP contribution is -2.41. The minimum Gasteiger partial charge on any atom is -0.480 e. The van der Waals surface area contributed by atoms with Crippen LogP contribution < -0.4 is 5.73 Å². The molecule has 0 fully saturated rings. The Morgan fingerprint density at radius 3 is 2.00 bits per heavy atom. The molecule has 6 nitrogen and oxygen atoms in total. The lowest BCUT2D eigenvalue weighted by molar-refractivity contribution is -0.141. The molecule has 0 saturated carbocycles. The Hall–Kier alpha value is -1.44. The van der Waals surface area contributed by atoms with Crippen LogP contribution in [0.25, 0.3) is 0 Å². The van der Waals surface area contributed by atoms with Crippen LogP contribution in [0.1, 0.15) is 26.3 Å². The summed E-state index contributed by atoms with van der Waals surface area (Å²) < 4.78 is 29.7. The first-order valence-corrected chi connectivity index (χ1v) is 7.32. The zero-order valence-electron chi connectivity index (χ0n) is 12.0. The number of carboxylic acids is 1. The van der Waals surface area contributed by atoms with Crippen LogP contribution in [0.3, 0.4) is 0 Å². The van der Waals surface area contributed by atoms with Crippen molar-refractivity contribution >= 4 is 16.1 Å². The van der Waals surface area contributed by atoms with E-state index in [1.807, 2.05) is 0 Å². The number of hydrogen-bond acceptors (Lipinski definition) is 4. The number of aryl methyl sites for hydroxylation is 1. The van der Waals surface area contributed by atoms with Crippen molar-refractivity contribution in [2.24, 2.45) is 11.1 Å². The van der Waals surface area contributed by atoms with Crippen LogP contribution in [0.4, 0.5) is 0 Å². The van der Waals surface area contributed by atoms with Gasteiger partial charge >= 0.3 is 5.97 Å². The van der Waals surface area contributed by atoms with Gasteiger partial charge in [0, 0.05) is 0 Å². The molecule has 1 rings (SSSR count). The summed E-state index contributed by atoms with van der Waals surface area (Å²) in [5, 5.41) is 8.39. The van der Waals surface area contributed by atoms with Gasteiger partial charge in [-0.15, -0.1) is 0 Å². The van der Waals surface area contributed by atoms with Crippen LogP contribution in [-0.2, 0) is 14.9 Å². The minimum atomic E-state index is -4.03.